The van der Waals surface area contributed by atoms with Crippen molar-refractivity contribution in [3.8, 4) is 0 Å². The van der Waals surface area contributed by atoms with E-state index in [4.69, 9.17) is 13.9 Å². The molecule has 8 heteroatoms. The molecule has 1 aliphatic heterocycles. The highest BCUT2D eigenvalue weighted by Crippen LogP contribution is 2.39. The molecule has 0 spiro atoms. The van der Waals surface area contributed by atoms with Gasteiger partial charge >= 0.3 is 12.2 Å². The predicted molar refractivity (Wildman–Crippen MR) is 127 cm³/mol. The number of likely N-dealkylation sites (tertiary alicyclic amines) is 1. The minimum atomic E-state index is -1.96. The summed E-state index contributed by atoms with van der Waals surface area (Å²) < 4.78 is 17.7. The Balaban J connectivity index is 2.89. The maximum absolute atomic E-state index is 12.9. The zero-order chi connectivity index (χ0) is 24.4. The number of rotatable bonds is 5. The first-order valence-electron chi connectivity index (χ1n) is 11.3. The van der Waals surface area contributed by atoms with Crippen LogP contribution in [0.1, 0.15) is 75.2 Å². The van der Waals surface area contributed by atoms with Crippen LogP contribution in [0, 0.1) is 0 Å². The summed E-state index contributed by atoms with van der Waals surface area (Å²) >= 11 is 0. The Morgan fingerprint density at radius 2 is 1.48 bits per heavy atom. The molecule has 182 valence electrons. The standard InChI is InChI=1S/C23H46N2O5Si/c1-21(2,3)28-19(26)24(10)14-13-17-15-18(30-31(11,12)23(7,8)9)16-25(17)20(27)29-22(4,5)6/h17-18H,13-16H2,1-12H3/t17-,18-/m1/s1. The van der Waals surface area contributed by atoms with E-state index in [-0.39, 0.29) is 29.4 Å². The highest BCUT2D eigenvalue weighted by molar-refractivity contribution is 6.74. The van der Waals surface area contributed by atoms with Gasteiger partial charge in [-0.1, -0.05) is 20.8 Å². The van der Waals surface area contributed by atoms with Crippen LogP contribution in [0.3, 0.4) is 0 Å². The molecule has 0 aromatic carbocycles. The van der Waals surface area contributed by atoms with Crippen molar-refractivity contribution in [3.05, 3.63) is 0 Å². The van der Waals surface area contributed by atoms with Gasteiger partial charge in [0.05, 0.1) is 6.10 Å². The van der Waals surface area contributed by atoms with Crippen LogP contribution in [-0.2, 0) is 13.9 Å². The smallest absolute Gasteiger partial charge is 0.410 e. The Labute approximate surface area is 190 Å². The number of carbonyl (C=O) groups excluding carboxylic acids is 2. The lowest BCUT2D eigenvalue weighted by atomic mass is 10.1. The Bertz CT molecular complexity index is 631. The highest BCUT2D eigenvalue weighted by Gasteiger charge is 2.44. The number of carbonyl (C=O) groups is 2. The molecule has 1 aliphatic rings. The zero-order valence-electron chi connectivity index (χ0n) is 21.9. The van der Waals surface area contributed by atoms with Crippen molar-refractivity contribution in [3.63, 3.8) is 0 Å². The third kappa shape index (κ3) is 9.00. The molecule has 1 saturated heterocycles. The van der Waals surface area contributed by atoms with Gasteiger partial charge in [0.15, 0.2) is 8.32 Å². The van der Waals surface area contributed by atoms with Gasteiger partial charge in [-0.15, -0.1) is 0 Å². The first kappa shape index (κ1) is 27.8. The number of hydrogen-bond donors (Lipinski definition) is 0. The molecule has 0 N–H and O–H groups in total. The molecule has 0 radical (unpaired) electrons. The molecular weight excluding hydrogens is 412 g/mol. The SMILES string of the molecule is CN(CC[C@@H]1C[C@@H](O[Si](C)(C)C(C)(C)C)CN1C(=O)OC(C)(C)C)C(=O)OC(C)(C)C. The molecule has 0 aromatic rings. The number of ether oxygens (including phenoxy) is 2. The monoisotopic (exact) mass is 458 g/mol. The fraction of sp³-hybridized carbons (Fsp3) is 0.913. The van der Waals surface area contributed by atoms with Crippen molar-refractivity contribution >= 4 is 20.5 Å². The summed E-state index contributed by atoms with van der Waals surface area (Å²) in [5.74, 6) is 0. The second-order valence-corrected chi connectivity index (χ2v) is 17.0. The summed E-state index contributed by atoms with van der Waals surface area (Å²) in [5.41, 5.74) is -1.10. The van der Waals surface area contributed by atoms with Crippen LogP contribution < -0.4 is 0 Å². The zero-order valence-corrected chi connectivity index (χ0v) is 22.9. The van der Waals surface area contributed by atoms with Gasteiger partial charge in [0.2, 0.25) is 0 Å². The lowest BCUT2D eigenvalue weighted by molar-refractivity contribution is 0.0183. The molecule has 0 saturated carbocycles. The van der Waals surface area contributed by atoms with Gasteiger partial charge in [0.25, 0.3) is 0 Å². The summed E-state index contributed by atoms with van der Waals surface area (Å²) in [6.45, 7) is 23.3. The van der Waals surface area contributed by atoms with Gasteiger partial charge in [-0.2, -0.15) is 0 Å². The van der Waals surface area contributed by atoms with Crippen molar-refractivity contribution < 1.29 is 23.5 Å². The van der Waals surface area contributed by atoms with Crippen LogP contribution in [-0.4, -0.2) is 73.8 Å². The van der Waals surface area contributed by atoms with Crippen LogP contribution in [0.5, 0.6) is 0 Å². The van der Waals surface area contributed by atoms with Crippen LogP contribution >= 0.6 is 0 Å². The molecule has 2 amide bonds. The molecule has 1 heterocycles. The molecule has 2 atom stereocenters. The third-order valence-electron chi connectivity index (χ3n) is 5.77. The minimum Gasteiger partial charge on any atom is -0.444 e. The Hall–Kier alpha value is -1.28. The lowest BCUT2D eigenvalue weighted by Gasteiger charge is -2.38. The largest absolute Gasteiger partial charge is 0.444 e. The summed E-state index contributed by atoms with van der Waals surface area (Å²) in [5, 5.41) is 0.0960. The van der Waals surface area contributed by atoms with E-state index in [2.05, 4.69) is 33.9 Å². The average molecular weight is 459 g/mol. The summed E-state index contributed by atoms with van der Waals surface area (Å²) in [7, 11) is -0.237. The predicted octanol–water partition coefficient (Wildman–Crippen LogP) is 5.64. The van der Waals surface area contributed by atoms with Gasteiger partial charge < -0.3 is 23.7 Å². The highest BCUT2D eigenvalue weighted by atomic mass is 28.4. The first-order valence-corrected chi connectivity index (χ1v) is 14.2. The van der Waals surface area contributed by atoms with E-state index in [1.807, 2.05) is 41.5 Å². The van der Waals surface area contributed by atoms with E-state index < -0.39 is 19.5 Å². The van der Waals surface area contributed by atoms with Crippen LogP contribution in [0.4, 0.5) is 9.59 Å². The van der Waals surface area contributed by atoms with Crippen LogP contribution in [0.25, 0.3) is 0 Å². The van der Waals surface area contributed by atoms with Crippen molar-refractivity contribution in [1.82, 2.24) is 9.80 Å². The van der Waals surface area contributed by atoms with E-state index in [0.29, 0.717) is 19.5 Å². The lowest BCUT2D eigenvalue weighted by Crippen LogP contribution is -2.45. The second kappa shape index (κ2) is 9.69. The molecule has 0 aliphatic carbocycles. The van der Waals surface area contributed by atoms with E-state index >= 15 is 0 Å². The molecular formula is C23H46N2O5Si. The van der Waals surface area contributed by atoms with Crippen molar-refractivity contribution in [2.45, 2.75) is 117 Å². The number of amides is 2. The first-order chi connectivity index (χ1) is 13.7. The summed E-state index contributed by atoms with van der Waals surface area (Å²) in [6, 6.07) is -0.0468. The van der Waals surface area contributed by atoms with E-state index in [0.717, 1.165) is 6.42 Å². The van der Waals surface area contributed by atoms with Crippen molar-refractivity contribution in [1.29, 1.82) is 0 Å². The maximum Gasteiger partial charge on any atom is 0.410 e. The van der Waals surface area contributed by atoms with Gasteiger partial charge in [-0.25, -0.2) is 9.59 Å². The fourth-order valence-corrected chi connectivity index (χ4v) is 4.50. The molecule has 1 rings (SSSR count). The quantitative estimate of drug-likeness (QED) is 0.498. The van der Waals surface area contributed by atoms with Crippen LogP contribution in [0.2, 0.25) is 18.1 Å². The molecule has 1 fully saturated rings. The van der Waals surface area contributed by atoms with Crippen molar-refractivity contribution in [2.75, 3.05) is 20.1 Å². The normalized spacial score (nSPS) is 20.6. The molecule has 0 bridgehead atoms. The van der Waals surface area contributed by atoms with Gasteiger partial charge in [0, 0.05) is 26.2 Å². The average Bonchev–Trinajstić information content (AvgIpc) is 2.90. The van der Waals surface area contributed by atoms with Gasteiger partial charge in [-0.3, -0.25) is 0 Å². The van der Waals surface area contributed by atoms with E-state index in [1.54, 1.807) is 16.8 Å². The Kier molecular flexibility index (Phi) is 8.67. The third-order valence-corrected chi connectivity index (χ3v) is 10.3. The van der Waals surface area contributed by atoms with Gasteiger partial charge in [0.1, 0.15) is 11.2 Å². The molecule has 0 aromatic heterocycles. The summed E-state index contributed by atoms with van der Waals surface area (Å²) in [6.07, 6.45) is 0.688. The fourth-order valence-electron chi connectivity index (χ4n) is 3.14. The van der Waals surface area contributed by atoms with Crippen molar-refractivity contribution in [2.24, 2.45) is 0 Å². The van der Waals surface area contributed by atoms with Crippen LogP contribution in [0.15, 0.2) is 0 Å². The van der Waals surface area contributed by atoms with E-state index in [1.165, 1.54) is 0 Å². The topological polar surface area (TPSA) is 68.3 Å². The maximum atomic E-state index is 12.9. The van der Waals surface area contributed by atoms with E-state index in [9.17, 15) is 9.59 Å². The molecule has 0 unspecified atom stereocenters. The summed E-state index contributed by atoms with van der Waals surface area (Å²) in [4.78, 5) is 28.6. The number of nitrogens with zero attached hydrogens (tertiary/aromatic N) is 2. The number of hydrogen-bond acceptors (Lipinski definition) is 5. The minimum absolute atomic E-state index is 0.0229. The second-order valence-electron chi connectivity index (χ2n) is 12.2. The Morgan fingerprint density at radius 1 is 0.968 bits per heavy atom. The molecule has 31 heavy (non-hydrogen) atoms. The van der Waals surface area contributed by atoms with Gasteiger partial charge in [-0.05, 0) is 72.5 Å². The molecule has 7 nitrogen and oxygen atoms in total. The Morgan fingerprint density at radius 3 is 1.94 bits per heavy atom.